The number of hydrogen-bond donors (Lipinski definition) is 1. The van der Waals surface area contributed by atoms with E-state index in [9.17, 15) is 14.4 Å². The van der Waals surface area contributed by atoms with Crippen LogP contribution in [-0.2, 0) is 14.4 Å². The molecule has 21 heavy (non-hydrogen) atoms. The highest BCUT2D eigenvalue weighted by Gasteiger charge is 2.18. The van der Waals surface area contributed by atoms with Crippen molar-refractivity contribution in [1.82, 2.24) is 4.90 Å². The summed E-state index contributed by atoms with van der Waals surface area (Å²) >= 11 is 0. The lowest BCUT2D eigenvalue weighted by Gasteiger charge is -2.21. The molecule has 0 atom stereocenters. The molecule has 0 saturated heterocycles. The number of carbonyl (C=O) groups excluding carboxylic acids is 2. The maximum absolute atomic E-state index is 12.2. The molecule has 0 aliphatic heterocycles. The number of carboxylic acid groups (broad SMARTS) is 1. The van der Waals surface area contributed by atoms with Gasteiger partial charge in [0.25, 0.3) is 0 Å². The summed E-state index contributed by atoms with van der Waals surface area (Å²) in [5.41, 5.74) is 0.545. The number of para-hydroxylation sites is 1. The number of carbonyl (C=O) groups is 3. The number of rotatable bonds is 7. The molecule has 6 heteroatoms. The maximum Gasteiger partial charge on any atom is 0.323 e. The zero-order chi connectivity index (χ0) is 15.8. The molecular weight excluding hydrogens is 272 g/mol. The van der Waals surface area contributed by atoms with Crippen molar-refractivity contribution in [1.29, 1.82) is 0 Å². The van der Waals surface area contributed by atoms with Crippen LogP contribution in [0.4, 0.5) is 5.69 Å². The van der Waals surface area contributed by atoms with Gasteiger partial charge < -0.3 is 14.9 Å². The SMILES string of the molecule is CN(C)C(=O)CCCC(=O)N(CC(=O)O)c1ccccc1. The average Bonchev–Trinajstić information content (AvgIpc) is 2.45. The van der Waals surface area contributed by atoms with Crippen LogP contribution in [0.5, 0.6) is 0 Å². The Morgan fingerprint density at radius 2 is 1.57 bits per heavy atom. The van der Waals surface area contributed by atoms with E-state index in [0.717, 1.165) is 0 Å². The van der Waals surface area contributed by atoms with E-state index in [2.05, 4.69) is 0 Å². The van der Waals surface area contributed by atoms with Gasteiger partial charge in [0, 0.05) is 32.6 Å². The minimum atomic E-state index is -1.07. The van der Waals surface area contributed by atoms with Crippen LogP contribution in [0.2, 0.25) is 0 Å². The van der Waals surface area contributed by atoms with Crippen molar-refractivity contribution in [3.63, 3.8) is 0 Å². The second-order valence-corrected chi connectivity index (χ2v) is 4.85. The molecule has 0 fully saturated rings. The van der Waals surface area contributed by atoms with Gasteiger partial charge in [0.15, 0.2) is 0 Å². The van der Waals surface area contributed by atoms with E-state index in [1.807, 2.05) is 0 Å². The quantitative estimate of drug-likeness (QED) is 0.823. The second-order valence-electron chi connectivity index (χ2n) is 4.85. The largest absolute Gasteiger partial charge is 0.480 e. The zero-order valence-electron chi connectivity index (χ0n) is 12.3. The van der Waals surface area contributed by atoms with E-state index in [-0.39, 0.29) is 31.2 Å². The van der Waals surface area contributed by atoms with E-state index in [1.165, 1.54) is 9.80 Å². The van der Waals surface area contributed by atoms with Crippen LogP contribution in [0.3, 0.4) is 0 Å². The first-order chi connectivity index (χ1) is 9.91. The van der Waals surface area contributed by atoms with Crippen molar-refractivity contribution in [2.45, 2.75) is 19.3 Å². The Kier molecular flexibility index (Phi) is 6.39. The number of nitrogens with zero attached hydrogens (tertiary/aromatic N) is 2. The molecule has 0 unspecified atom stereocenters. The van der Waals surface area contributed by atoms with Gasteiger partial charge in [-0.15, -0.1) is 0 Å². The Bertz CT molecular complexity index is 500. The minimum absolute atomic E-state index is 0.0488. The second kappa shape index (κ2) is 8.04. The van der Waals surface area contributed by atoms with Gasteiger partial charge in [-0.1, -0.05) is 18.2 Å². The zero-order valence-corrected chi connectivity index (χ0v) is 12.3. The highest BCUT2D eigenvalue weighted by molar-refractivity contribution is 5.97. The average molecular weight is 292 g/mol. The lowest BCUT2D eigenvalue weighted by Crippen LogP contribution is -2.35. The van der Waals surface area contributed by atoms with E-state index in [0.29, 0.717) is 12.1 Å². The molecule has 0 bridgehead atoms. The molecule has 1 aromatic carbocycles. The number of benzene rings is 1. The molecule has 0 aliphatic rings. The summed E-state index contributed by atoms with van der Waals surface area (Å²) in [6.07, 6.45) is 0.814. The van der Waals surface area contributed by atoms with E-state index < -0.39 is 5.97 Å². The first-order valence-electron chi connectivity index (χ1n) is 6.69. The molecule has 0 radical (unpaired) electrons. The maximum atomic E-state index is 12.2. The number of hydrogen-bond acceptors (Lipinski definition) is 3. The minimum Gasteiger partial charge on any atom is -0.480 e. The number of aliphatic carboxylic acids is 1. The van der Waals surface area contributed by atoms with Crippen LogP contribution in [0.1, 0.15) is 19.3 Å². The third kappa shape index (κ3) is 5.64. The van der Waals surface area contributed by atoms with E-state index in [4.69, 9.17) is 5.11 Å². The summed E-state index contributed by atoms with van der Waals surface area (Å²) in [6.45, 7) is -0.384. The Morgan fingerprint density at radius 3 is 2.10 bits per heavy atom. The van der Waals surface area contributed by atoms with Gasteiger partial charge in [0.1, 0.15) is 6.54 Å². The van der Waals surface area contributed by atoms with Crippen molar-refractivity contribution >= 4 is 23.5 Å². The van der Waals surface area contributed by atoms with Crippen LogP contribution in [0, 0.1) is 0 Å². The first kappa shape index (κ1) is 16.7. The van der Waals surface area contributed by atoms with Gasteiger partial charge in [-0.05, 0) is 18.6 Å². The Balaban J connectivity index is 2.65. The van der Waals surface area contributed by atoms with Gasteiger partial charge in [0.05, 0.1) is 0 Å². The van der Waals surface area contributed by atoms with Crippen LogP contribution >= 0.6 is 0 Å². The third-order valence-electron chi connectivity index (χ3n) is 2.94. The van der Waals surface area contributed by atoms with Crippen LogP contribution in [0.15, 0.2) is 30.3 Å². The van der Waals surface area contributed by atoms with Crippen molar-refractivity contribution in [2.75, 3.05) is 25.5 Å². The number of carboxylic acids is 1. The molecule has 0 heterocycles. The van der Waals surface area contributed by atoms with Crippen molar-refractivity contribution in [3.8, 4) is 0 Å². The monoisotopic (exact) mass is 292 g/mol. The predicted octanol–water partition coefficient (Wildman–Crippen LogP) is 1.36. The first-order valence-corrected chi connectivity index (χ1v) is 6.69. The lowest BCUT2D eigenvalue weighted by atomic mass is 10.2. The topological polar surface area (TPSA) is 77.9 Å². The number of amides is 2. The molecule has 1 N–H and O–H groups in total. The molecule has 0 aliphatic carbocycles. The van der Waals surface area contributed by atoms with Crippen LogP contribution in [0.25, 0.3) is 0 Å². The Morgan fingerprint density at radius 1 is 1.00 bits per heavy atom. The van der Waals surface area contributed by atoms with Gasteiger partial charge >= 0.3 is 5.97 Å². The smallest absolute Gasteiger partial charge is 0.323 e. The summed E-state index contributed by atoms with van der Waals surface area (Å²) in [5, 5.41) is 8.93. The van der Waals surface area contributed by atoms with Crippen molar-refractivity contribution in [2.24, 2.45) is 0 Å². The summed E-state index contributed by atoms with van der Waals surface area (Å²) in [7, 11) is 3.32. The van der Waals surface area contributed by atoms with Gasteiger partial charge in [-0.25, -0.2) is 0 Å². The predicted molar refractivity (Wildman–Crippen MR) is 79.0 cm³/mol. The molecule has 1 rings (SSSR count). The fourth-order valence-electron chi connectivity index (χ4n) is 1.82. The van der Waals surface area contributed by atoms with Crippen LogP contribution in [-0.4, -0.2) is 48.4 Å². The van der Waals surface area contributed by atoms with Crippen molar-refractivity contribution < 1.29 is 19.5 Å². The van der Waals surface area contributed by atoms with E-state index in [1.54, 1.807) is 44.4 Å². The lowest BCUT2D eigenvalue weighted by molar-refractivity contribution is -0.137. The molecule has 0 spiro atoms. The van der Waals surface area contributed by atoms with Crippen LogP contribution < -0.4 is 4.90 Å². The fourth-order valence-corrected chi connectivity index (χ4v) is 1.82. The molecule has 114 valence electrons. The van der Waals surface area contributed by atoms with Gasteiger partial charge in [-0.3, -0.25) is 14.4 Å². The summed E-state index contributed by atoms with van der Waals surface area (Å²) in [5.74, 6) is -1.42. The summed E-state index contributed by atoms with van der Waals surface area (Å²) in [6, 6.07) is 8.65. The fraction of sp³-hybridized carbons (Fsp3) is 0.400. The number of anilines is 1. The molecule has 6 nitrogen and oxygen atoms in total. The summed E-state index contributed by atoms with van der Waals surface area (Å²) in [4.78, 5) is 37.2. The normalized spacial score (nSPS) is 10.0. The molecular formula is C15H20N2O4. The highest BCUT2D eigenvalue weighted by atomic mass is 16.4. The molecule has 0 saturated carbocycles. The van der Waals surface area contributed by atoms with Crippen molar-refractivity contribution in [3.05, 3.63) is 30.3 Å². The Labute approximate surface area is 124 Å². The molecule has 0 aromatic heterocycles. The van der Waals surface area contributed by atoms with E-state index >= 15 is 0 Å². The molecule has 2 amide bonds. The van der Waals surface area contributed by atoms with Gasteiger partial charge in [-0.2, -0.15) is 0 Å². The molecule has 1 aromatic rings. The highest BCUT2D eigenvalue weighted by Crippen LogP contribution is 2.15. The van der Waals surface area contributed by atoms with Gasteiger partial charge in [0.2, 0.25) is 11.8 Å². The third-order valence-corrected chi connectivity index (χ3v) is 2.94. The standard InChI is InChI=1S/C15H20N2O4/c1-16(2)13(18)9-6-10-14(19)17(11-15(20)21)12-7-4-3-5-8-12/h3-5,7-8H,6,9-11H2,1-2H3,(H,20,21). The summed E-state index contributed by atoms with van der Waals surface area (Å²) < 4.78 is 0. The Hall–Kier alpha value is -2.37.